The van der Waals surface area contributed by atoms with Gasteiger partial charge in [0.1, 0.15) is 5.60 Å². The van der Waals surface area contributed by atoms with Crippen molar-refractivity contribution in [3.63, 3.8) is 0 Å². The van der Waals surface area contributed by atoms with Crippen molar-refractivity contribution >= 4 is 0 Å². The third-order valence-corrected chi connectivity index (χ3v) is 3.15. The molecule has 1 aliphatic heterocycles. The summed E-state index contributed by atoms with van der Waals surface area (Å²) in [5.41, 5.74) is 1.40. The molecular weight excluding hydrogens is 172 g/mol. The molecule has 1 aromatic carbocycles. The summed E-state index contributed by atoms with van der Waals surface area (Å²) in [6.07, 6.45) is 3.93. The van der Waals surface area contributed by atoms with Crippen LogP contribution in [-0.4, -0.2) is 6.10 Å². The first-order valence-electron chi connectivity index (χ1n) is 5.57. The van der Waals surface area contributed by atoms with Crippen LogP contribution in [0.3, 0.4) is 0 Å². The summed E-state index contributed by atoms with van der Waals surface area (Å²) in [6, 6.07) is 10.6. The molecule has 1 nitrogen and oxygen atoms in total. The normalized spacial score (nSPS) is 30.3. The molecule has 14 heavy (non-hydrogen) atoms. The lowest BCUT2D eigenvalue weighted by Crippen LogP contribution is -2.11. The molecule has 1 heteroatoms. The average Bonchev–Trinajstić information content (AvgIpc) is 2.95. The van der Waals surface area contributed by atoms with Crippen molar-refractivity contribution in [2.75, 3.05) is 0 Å². The molecule has 76 valence electrons. The highest BCUT2D eigenvalue weighted by atomic mass is 16.6. The zero-order valence-electron chi connectivity index (χ0n) is 8.99. The molecule has 1 heterocycles. The molecule has 0 bridgehead atoms. The SMILES string of the molecule is CCCC1OC1(CC)c1ccccc1. The van der Waals surface area contributed by atoms with Crippen LogP contribution in [0.2, 0.25) is 0 Å². The summed E-state index contributed by atoms with van der Waals surface area (Å²) in [7, 11) is 0. The molecule has 0 spiro atoms. The van der Waals surface area contributed by atoms with Gasteiger partial charge in [0.15, 0.2) is 0 Å². The summed E-state index contributed by atoms with van der Waals surface area (Å²) in [5.74, 6) is 0. The minimum atomic E-state index is 0.0528. The number of ether oxygens (including phenoxy) is 1. The maximum Gasteiger partial charge on any atom is 0.119 e. The van der Waals surface area contributed by atoms with Gasteiger partial charge < -0.3 is 4.74 Å². The lowest BCUT2D eigenvalue weighted by molar-refractivity contribution is 0.287. The van der Waals surface area contributed by atoms with Gasteiger partial charge in [-0.3, -0.25) is 0 Å². The Hall–Kier alpha value is -0.820. The van der Waals surface area contributed by atoms with E-state index in [1.165, 1.54) is 18.4 Å². The van der Waals surface area contributed by atoms with Gasteiger partial charge in [-0.15, -0.1) is 0 Å². The van der Waals surface area contributed by atoms with Crippen molar-refractivity contribution in [1.29, 1.82) is 0 Å². The predicted molar refractivity (Wildman–Crippen MR) is 58.2 cm³/mol. The van der Waals surface area contributed by atoms with Crippen LogP contribution in [0.4, 0.5) is 0 Å². The van der Waals surface area contributed by atoms with Gasteiger partial charge in [0.25, 0.3) is 0 Å². The highest BCUT2D eigenvalue weighted by Crippen LogP contribution is 2.50. The number of rotatable bonds is 4. The fourth-order valence-electron chi connectivity index (χ4n) is 2.26. The van der Waals surface area contributed by atoms with E-state index < -0.39 is 0 Å². The molecule has 1 saturated heterocycles. The Labute approximate surface area is 86.1 Å². The molecule has 0 N–H and O–H groups in total. The number of benzene rings is 1. The molecule has 2 rings (SSSR count). The summed E-state index contributed by atoms with van der Waals surface area (Å²) in [5, 5.41) is 0. The van der Waals surface area contributed by atoms with Crippen LogP contribution in [0.1, 0.15) is 38.7 Å². The molecule has 0 amide bonds. The third kappa shape index (κ3) is 1.46. The number of hydrogen-bond acceptors (Lipinski definition) is 1. The monoisotopic (exact) mass is 190 g/mol. The molecule has 0 aromatic heterocycles. The van der Waals surface area contributed by atoms with Crippen LogP contribution in [-0.2, 0) is 10.3 Å². The summed E-state index contributed by atoms with van der Waals surface area (Å²) >= 11 is 0. The second-order valence-corrected chi connectivity index (χ2v) is 4.00. The first-order valence-corrected chi connectivity index (χ1v) is 5.57. The Morgan fingerprint density at radius 2 is 1.93 bits per heavy atom. The first kappa shape index (κ1) is 9.72. The van der Waals surface area contributed by atoms with E-state index in [1.54, 1.807) is 0 Å². The summed E-state index contributed by atoms with van der Waals surface area (Å²) < 4.78 is 5.88. The van der Waals surface area contributed by atoms with Crippen LogP contribution >= 0.6 is 0 Å². The lowest BCUT2D eigenvalue weighted by atomic mass is 9.91. The molecular formula is C13H18O. The maximum absolute atomic E-state index is 5.88. The molecule has 2 atom stereocenters. The van der Waals surface area contributed by atoms with Crippen LogP contribution in [0.5, 0.6) is 0 Å². The average molecular weight is 190 g/mol. The first-order chi connectivity index (χ1) is 6.83. The van der Waals surface area contributed by atoms with Gasteiger partial charge in [-0.1, -0.05) is 50.6 Å². The van der Waals surface area contributed by atoms with Gasteiger partial charge in [-0.05, 0) is 18.4 Å². The predicted octanol–water partition coefficient (Wildman–Crippen LogP) is 3.49. The molecule has 1 aromatic rings. The Kier molecular flexibility index (Phi) is 2.60. The van der Waals surface area contributed by atoms with Gasteiger partial charge in [-0.25, -0.2) is 0 Å². The fourth-order valence-corrected chi connectivity index (χ4v) is 2.26. The van der Waals surface area contributed by atoms with E-state index in [0.717, 1.165) is 6.42 Å². The van der Waals surface area contributed by atoms with E-state index in [4.69, 9.17) is 4.74 Å². The van der Waals surface area contributed by atoms with E-state index >= 15 is 0 Å². The summed E-state index contributed by atoms with van der Waals surface area (Å²) in [6.45, 7) is 4.43. The Balaban J connectivity index is 2.17. The van der Waals surface area contributed by atoms with Crippen LogP contribution in [0.15, 0.2) is 30.3 Å². The molecule has 1 fully saturated rings. The molecule has 0 aliphatic carbocycles. The van der Waals surface area contributed by atoms with E-state index in [1.807, 2.05) is 0 Å². The van der Waals surface area contributed by atoms with Crippen LogP contribution in [0, 0.1) is 0 Å². The minimum Gasteiger partial charge on any atom is -0.361 e. The molecule has 0 saturated carbocycles. The van der Waals surface area contributed by atoms with Crippen LogP contribution in [0.25, 0.3) is 0 Å². The van der Waals surface area contributed by atoms with Gasteiger partial charge in [0, 0.05) is 0 Å². The lowest BCUT2D eigenvalue weighted by Gasteiger charge is -2.10. The molecule has 2 unspecified atom stereocenters. The Bertz CT molecular complexity index is 293. The molecule has 0 radical (unpaired) electrons. The molecule has 1 aliphatic rings. The smallest absolute Gasteiger partial charge is 0.119 e. The maximum atomic E-state index is 5.88. The van der Waals surface area contributed by atoms with E-state index in [0.29, 0.717) is 6.10 Å². The van der Waals surface area contributed by atoms with Gasteiger partial charge in [0.2, 0.25) is 0 Å². The van der Waals surface area contributed by atoms with E-state index in [9.17, 15) is 0 Å². The van der Waals surface area contributed by atoms with E-state index in [-0.39, 0.29) is 5.60 Å². The van der Waals surface area contributed by atoms with Crippen LogP contribution < -0.4 is 0 Å². The van der Waals surface area contributed by atoms with Crippen molar-refractivity contribution < 1.29 is 4.74 Å². The minimum absolute atomic E-state index is 0.0528. The number of hydrogen-bond donors (Lipinski definition) is 0. The highest BCUT2D eigenvalue weighted by molar-refractivity contribution is 5.28. The summed E-state index contributed by atoms with van der Waals surface area (Å²) in [4.78, 5) is 0. The highest BCUT2D eigenvalue weighted by Gasteiger charge is 2.55. The fraction of sp³-hybridized carbons (Fsp3) is 0.538. The standard InChI is InChI=1S/C13H18O/c1-3-8-12-13(4-2,14-12)11-9-6-5-7-10-11/h5-7,9-10,12H,3-4,8H2,1-2H3. The second-order valence-electron chi connectivity index (χ2n) is 4.00. The van der Waals surface area contributed by atoms with Crippen molar-refractivity contribution in [2.45, 2.75) is 44.8 Å². The Morgan fingerprint density at radius 1 is 1.21 bits per heavy atom. The number of epoxide rings is 1. The quantitative estimate of drug-likeness (QED) is 0.662. The van der Waals surface area contributed by atoms with Crippen molar-refractivity contribution in [2.24, 2.45) is 0 Å². The second kappa shape index (κ2) is 3.74. The van der Waals surface area contributed by atoms with Gasteiger partial charge >= 0.3 is 0 Å². The largest absolute Gasteiger partial charge is 0.361 e. The van der Waals surface area contributed by atoms with E-state index in [2.05, 4.69) is 44.2 Å². The zero-order chi connectivity index (χ0) is 10.0. The zero-order valence-corrected chi connectivity index (χ0v) is 8.99. The third-order valence-electron chi connectivity index (χ3n) is 3.15. The Morgan fingerprint density at radius 3 is 2.50 bits per heavy atom. The van der Waals surface area contributed by atoms with Crippen molar-refractivity contribution in [1.82, 2.24) is 0 Å². The topological polar surface area (TPSA) is 12.5 Å². The van der Waals surface area contributed by atoms with Crippen molar-refractivity contribution in [3.05, 3.63) is 35.9 Å². The van der Waals surface area contributed by atoms with Gasteiger partial charge in [-0.2, -0.15) is 0 Å². The van der Waals surface area contributed by atoms with Gasteiger partial charge in [0.05, 0.1) is 6.10 Å². The van der Waals surface area contributed by atoms with Crippen molar-refractivity contribution in [3.8, 4) is 0 Å².